The fourth-order valence-electron chi connectivity index (χ4n) is 2.66. The first-order chi connectivity index (χ1) is 9.10. The predicted molar refractivity (Wildman–Crippen MR) is 80.6 cm³/mol. The molecule has 106 valence electrons. The van der Waals surface area contributed by atoms with Gasteiger partial charge in [0.2, 0.25) is 5.91 Å². The largest absolute Gasteiger partial charge is 0.338 e. The van der Waals surface area contributed by atoms with Crippen molar-refractivity contribution in [2.45, 2.75) is 38.6 Å². The maximum atomic E-state index is 12.3. The molecule has 0 aromatic carbocycles. The van der Waals surface area contributed by atoms with Gasteiger partial charge in [0.05, 0.1) is 5.02 Å². The molecule has 1 amide bonds. The molecule has 2 N–H and O–H groups in total. The van der Waals surface area contributed by atoms with Crippen molar-refractivity contribution in [2.24, 2.45) is 11.7 Å². The van der Waals surface area contributed by atoms with Crippen molar-refractivity contribution in [3.05, 3.63) is 21.3 Å². The first-order valence-corrected chi connectivity index (χ1v) is 8.08. The monoisotopic (exact) mass is 300 g/mol. The maximum Gasteiger partial charge on any atom is 0.223 e. The van der Waals surface area contributed by atoms with Crippen LogP contribution in [0, 0.1) is 5.92 Å². The third kappa shape index (κ3) is 3.94. The van der Waals surface area contributed by atoms with Crippen LogP contribution >= 0.6 is 22.9 Å². The number of likely N-dealkylation sites (tertiary alicyclic amines) is 1. The van der Waals surface area contributed by atoms with Gasteiger partial charge in [0, 0.05) is 35.8 Å². The number of carbonyl (C=O) groups is 1. The van der Waals surface area contributed by atoms with Crippen LogP contribution in [0.25, 0.3) is 0 Å². The lowest BCUT2D eigenvalue weighted by molar-refractivity contribution is -0.135. The highest BCUT2D eigenvalue weighted by Gasteiger charge is 2.28. The molecule has 1 aromatic rings. The number of carbonyl (C=O) groups excluding carboxylic acids is 1. The summed E-state index contributed by atoms with van der Waals surface area (Å²) >= 11 is 7.50. The van der Waals surface area contributed by atoms with Crippen LogP contribution in [-0.2, 0) is 11.2 Å². The van der Waals surface area contributed by atoms with Crippen molar-refractivity contribution in [1.82, 2.24) is 4.90 Å². The van der Waals surface area contributed by atoms with E-state index in [-0.39, 0.29) is 11.9 Å². The highest BCUT2D eigenvalue weighted by Crippen LogP contribution is 2.24. The minimum absolute atomic E-state index is 0.225. The van der Waals surface area contributed by atoms with Crippen LogP contribution in [0.2, 0.25) is 5.02 Å². The van der Waals surface area contributed by atoms with Gasteiger partial charge < -0.3 is 10.6 Å². The van der Waals surface area contributed by atoms with Crippen LogP contribution in [0.1, 0.15) is 31.1 Å². The standard InChI is InChI=1S/C14H21ClN2OS/c1-10-4-5-17(12(6-10)8-16)14(18)3-2-13-7-11(15)9-19-13/h7,9-10,12H,2-6,8,16H2,1H3. The molecule has 0 saturated carbocycles. The second kappa shape index (κ2) is 6.73. The quantitative estimate of drug-likeness (QED) is 0.929. The van der Waals surface area contributed by atoms with E-state index in [4.69, 9.17) is 17.3 Å². The van der Waals surface area contributed by atoms with E-state index in [0.717, 1.165) is 30.8 Å². The summed E-state index contributed by atoms with van der Waals surface area (Å²) in [5, 5.41) is 2.67. The van der Waals surface area contributed by atoms with Gasteiger partial charge in [0.1, 0.15) is 0 Å². The molecule has 1 aliphatic rings. The van der Waals surface area contributed by atoms with Crippen molar-refractivity contribution in [2.75, 3.05) is 13.1 Å². The van der Waals surface area contributed by atoms with E-state index in [2.05, 4.69) is 6.92 Å². The Kier molecular flexibility index (Phi) is 5.25. The minimum Gasteiger partial charge on any atom is -0.338 e. The number of hydrogen-bond acceptors (Lipinski definition) is 3. The van der Waals surface area contributed by atoms with Crippen LogP contribution in [0.4, 0.5) is 0 Å². The van der Waals surface area contributed by atoms with E-state index >= 15 is 0 Å². The average Bonchev–Trinajstić information content (AvgIpc) is 2.81. The molecule has 0 bridgehead atoms. The van der Waals surface area contributed by atoms with Crippen LogP contribution in [0.3, 0.4) is 0 Å². The number of aryl methyl sites for hydroxylation is 1. The highest BCUT2D eigenvalue weighted by molar-refractivity contribution is 7.10. The lowest BCUT2D eigenvalue weighted by atomic mass is 9.92. The van der Waals surface area contributed by atoms with Gasteiger partial charge >= 0.3 is 0 Å². The Morgan fingerprint density at radius 3 is 3.05 bits per heavy atom. The Morgan fingerprint density at radius 2 is 2.42 bits per heavy atom. The minimum atomic E-state index is 0.225. The molecule has 3 nitrogen and oxygen atoms in total. The lowest BCUT2D eigenvalue weighted by Gasteiger charge is -2.38. The third-order valence-electron chi connectivity index (χ3n) is 3.78. The van der Waals surface area contributed by atoms with Crippen LogP contribution < -0.4 is 5.73 Å². The molecule has 1 aromatic heterocycles. The second-order valence-corrected chi connectivity index (χ2v) is 6.77. The smallest absolute Gasteiger partial charge is 0.223 e. The molecule has 5 heteroatoms. The summed E-state index contributed by atoms with van der Waals surface area (Å²) in [6.45, 7) is 3.66. The van der Waals surface area contributed by atoms with Gasteiger partial charge in [-0.25, -0.2) is 0 Å². The zero-order chi connectivity index (χ0) is 13.8. The van der Waals surface area contributed by atoms with E-state index in [1.54, 1.807) is 11.3 Å². The zero-order valence-electron chi connectivity index (χ0n) is 11.3. The second-order valence-electron chi connectivity index (χ2n) is 5.34. The number of amides is 1. The Balaban J connectivity index is 1.88. The Hall–Kier alpha value is -0.580. The van der Waals surface area contributed by atoms with Gasteiger partial charge in [-0.15, -0.1) is 11.3 Å². The summed E-state index contributed by atoms with van der Waals surface area (Å²) in [4.78, 5) is 15.5. The number of thiophene rings is 1. The fourth-order valence-corrected chi connectivity index (χ4v) is 3.74. The van der Waals surface area contributed by atoms with Crippen molar-refractivity contribution >= 4 is 28.8 Å². The fraction of sp³-hybridized carbons (Fsp3) is 0.643. The van der Waals surface area contributed by atoms with E-state index < -0.39 is 0 Å². The maximum absolute atomic E-state index is 12.3. The summed E-state index contributed by atoms with van der Waals surface area (Å²) in [5.74, 6) is 0.903. The van der Waals surface area contributed by atoms with Crippen LogP contribution in [0.5, 0.6) is 0 Å². The van der Waals surface area contributed by atoms with Crippen LogP contribution in [-0.4, -0.2) is 29.9 Å². The first kappa shape index (κ1) is 14.8. The van der Waals surface area contributed by atoms with Gasteiger partial charge in [0.25, 0.3) is 0 Å². The summed E-state index contributed by atoms with van der Waals surface area (Å²) in [6, 6.07) is 2.17. The zero-order valence-corrected chi connectivity index (χ0v) is 12.8. The summed E-state index contributed by atoms with van der Waals surface area (Å²) < 4.78 is 0. The number of halogens is 1. The summed E-state index contributed by atoms with van der Waals surface area (Å²) in [6.07, 6.45) is 3.46. The van der Waals surface area contributed by atoms with Crippen molar-refractivity contribution in [1.29, 1.82) is 0 Å². The Labute approximate surface area is 123 Å². The van der Waals surface area contributed by atoms with Gasteiger partial charge in [-0.3, -0.25) is 4.79 Å². The van der Waals surface area contributed by atoms with Crippen LogP contribution in [0.15, 0.2) is 11.4 Å². The molecule has 2 unspecified atom stereocenters. The Morgan fingerprint density at radius 1 is 1.63 bits per heavy atom. The first-order valence-electron chi connectivity index (χ1n) is 6.82. The van der Waals surface area contributed by atoms with E-state index in [1.165, 1.54) is 4.88 Å². The number of nitrogens with two attached hydrogens (primary N) is 1. The van der Waals surface area contributed by atoms with E-state index in [0.29, 0.717) is 18.9 Å². The van der Waals surface area contributed by atoms with Gasteiger partial charge in [0.15, 0.2) is 0 Å². The van der Waals surface area contributed by atoms with Gasteiger partial charge in [-0.1, -0.05) is 18.5 Å². The van der Waals surface area contributed by atoms with Crippen molar-refractivity contribution in [3.63, 3.8) is 0 Å². The number of nitrogens with zero attached hydrogens (tertiary/aromatic N) is 1. The molecular weight excluding hydrogens is 280 g/mol. The summed E-state index contributed by atoms with van der Waals surface area (Å²) in [5.41, 5.74) is 5.79. The SMILES string of the molecule is CC1CCN(C(=O)CCc2cc(Cl)cs2)C(CN)C1. The van der Waals surface area contributed by atoms with Crippen molar-refractivity contribution in [3.8, 4) is 0 Å². The molecule has 0 radical (unpaired) electrons. The molecule has 0 spiro atoms. The molecule has 0 aliphatic carbocycles. The van der Waals surface area contributed by atoms with Crippen molar-refractivity contribution < 1.29 is 4.79 Å². The number of rotatable bonds is 4. The van der Waals surface area contributed by atoms with E-state index in [9.17, 15) is 4.79 Å². The third-order valence-corrected chi connectivity index (χ3v) is 5.12. The predicted octanol–water partition coefficient (Wildman–Crippen LogP) is 2.92. The average molecular weight is 301 g/mol. The number of piperidine rings is 1. The molecule has 1 aliphatic heterocycles. The molecule has 1 fully saturated rings. The lowest BCUT2D eigenvalue weighted by Crippen LogP contribution is -2.49. The van der Waals surface area contributed by atoms with Gasteiger partial charge in [-0.05, 0) is 31.2 Å². The Bertz CT molecular complexity index is 435. The highest BCUT2D eigenvalue weighted by atomic mass is 35.5. The number of hydrogen-bond donors (Lipinski definition) is 1. The molecule has 2 rings (SSSR count). The molecule has 2 heterocycles. The van der Waals surface area contributed by atoms with E-state index in [1.807, 2.05) is 16.3 Å². The molecule has 1 saturated heterocycles. The normalized spacial score (nSPS) is 23.6. The topological polar surface area (TPSA) is 46.3 Å². The summed E-state index contributed by atoms with van der Waals surface area (Å²) in [7, 11) is 0. The van der Waals surface area contributed by atoms with Gasteiger partial charge in [-0.2, -0.15) is 0 Å². The molecule has 19 heavy (non-hydrogen) atoms. The molecular formula is C14H21ClN2OS. The molecule has 2 atom stereocenters.